The molecule has 0 aromatic rings. The average molecular weight is 1030 g/mol. The summed E-state index contributed by atoms with van der Waals surface area (Å²) in [6.45, 7) is 6.68. The van der Waals surface area contributed by atoms with Crippen LogP contribution < -0.4 is 0 Å². The van der Waals surface area contributed by atoms with Crippen LogP contribution in [0.25, 0.3) is 0 Å². The van der Waals surface area contributed by atoms with Gasteiger partial charge in [-0.3, -0.25) is 14.4 Å². The van der Waals surface area contributed by atoms with E-state index < -0.39 is 6.10 Å². The van der Waals surface area contributed by atoms with Crippen LogP contribution in [0.2, 0.25) is 0 Å². The molecule has 0 spiro atoms. The molecule has 0 N–H and O–H groups in total. The van der Waals surface area contributed by atoms with Crippen molar-refractivity contribution in [3.05, 3.63) is 24.3 Å². The second-order valence-corrected chi connectivity index (χ2v) is 22.4. The average Bonchev–Trinajstić information content (AvgIpc) is 3.39. The smallest absolute Gasteiger partial charge is 0.306 e. The highest BCUT2D eigenvalue weighted by Gasteiger charge is 2.19. The van der Waals surface area contributed by atoms with Crippen LogP contribution >= 0.6 is 0 Å². The van der Waals surface area contributed by atoms with Crippen LogP contribution in [0.5, 0.6) is 0 Å². The van der Waals surface area contributed by atoms with E-state index in [9.17, 15) is 14.4 Å². The summed E-state index contributed by atoms with van der Waals surface area (Å²) in [5.41, 5.74) is 0. The fourth-order valence-corrected chi connectivity index (χ4v) is 10.0. The third-order valence-electron chi connectivity index (χ3n) is 15.0. The Labute approximate surface area is 455 Å². The summed E-state index contributed by atoms with van der Waals surface area (Å²) < 4.78 is 17.0. The number of carbonyl (C=O) groups is 3. The standard InChI is InChI=1S/C67H126O6/c1-4-7-10-13-16-19-22-25-27-29-31-32-33-34-36-37-39-42-45-48-51-54-57-60-66(69)72-63-64(62-71-65(68)59-56-53-50-47-44-41-24-21-18-15-12-9-6-3)73-67(70)61-58-55-52-49-46-43-40-38-35-30-28-26-23-20-17-14-11-8-5-2/h17,20,26,28,64H,4-16,18-19,21-25,27,29-63H2,1-3H3/b20-17-,28-26-. The van der Waals surface area contributed by atoms with Crippen LogP contribution in [0, 0.1) is 0 Å². The van der Waals surface area contributed by atoms with Crippen molar-refractivity contribution in [2.75, 3.05) is 13.2 Å². The van der Waals surface area contributed by atoms with Crippen molar-refractivity contribution in [3.8, 4) is 0 Å². The molecule has 430 valence electrons. The highest BCUT2D eigenvalue weighted by molar-refractivity contribution is 5.71. The van der Waals surface area contributed by atoms with E-state index in [1.165, 1.54) is 263 Å². The van der Waals surface area contributed by atoms with Gasteiger partial charge < -0.3 is 14.2 Å². The zero-order valence-electron chi connectivity index (χ0n) is 49.4. The summed E-state index contributed by atoms with van der Waals surface area (Å²) in [4.78, 5) is 38.3. The number of carbonyl (C=O) groups excluding carboxylic acids is 3. The van der Waals surface area contributed by atoms with Gasteiger partial charge in [0.05, 0.1) is 0 Å². The summed E-state index contributed by atoms with van der Waals surface area (Å²) in [6, 6.07) is 0. The maximum Gasteiger partial charge on any atom is 0.306 e. The van der Waals surface area contributed by atoms with Gasteiger partial charge in [0.25, 0.3) is 0 Å². The second-order valence-electron chi connectivity index (χ2n) is 22.4. The molecule has 0 aromatic heterocycles. The first-order chi connectivity index (χ1) is 36.0. The zero-order valence-corrected chi connectivity index (χ0v) is 49.4. The molecule has 1 unspecified atom stereocenters. The first kappa shape index (κ1) is 70.9. The number of rotatable bonds is 61. The Morgan fingerprint density at radius 1 is 0.274 bits per heavy atom. The molecule has 0 radical (unpaired) electrons. The van der Waals surface area contributed by atoms with Crippen LogP contribution in [0.3, 0.4) is 0 Å². The Morgan fingerprint density at radius 3 is 0.781 bits per heavy atom. The van der Waals surface area contributed by atoms with Crippen molar-refractivity contribution in [1.82, 2.24) is 0 Å². The van der Waals surface area contributed by atoms with E-state index in [0.29, 0.717) is 19.3 Å². The number of allylic oxidation sites excluding steroid dienone is 4. The summed E-state index contributed by atoms with van der Waals surface area (Å²) in [6.07, 6.45) is 74.7. The molecule has 6 nitrogen and oxygen atoms in total. The topological polar surface area (TPSA) is 78.9 Å². The minimum absolute atomic E-state index is 0.0667. The molecule has 0 fully saturated rings. The van der Waals surface area contributed by atoms with E-state index >= 15 is 0 Å². The predicted octanol–water partition coefficient (Wildman–Crippen LogP) is 22.2. The van der Waals surface area contributed by atoms with Crippen molar-refractivity contribution >= 4 is 17.9 Å². The Hall–Kier alpha value is -2.11. The first-order valence-corrected chi connectivity index (χ1v) is 32.8. The highest BCUT2D eigenvalue weighted by atomic mass is 16.6. The largest absolute Gasteiger partial charge is 0.462 e. The lowest BCUT2D eigenvalue weighted by molar-refractivity contribution is -0.167. The molecular formula is C67H126O6. The fraction of sp³-hybridized carbons (Fsp3) is 0.896. The summed E-state index contributed by atoms with van der Waals surface area (Å²) in [7, 11) is 0. The molecule has 0 aliphatic heterocycles. The van der Waals surface area contributed by atoms with Crippen LogP contribution in [0.4, 0.5) is 0 Å². The number of hydrogen-bond donors (Lipinski definition) is 0. The van der Waals surface area contributed by atoms with Gasteiger partial charge in [-0.15, -0.1) is 0 Å². The van der Waals surface area contributed by atoms with Crippen LogP contribution in [-0.4, -0.2) is 37.2 Å². The Bertz CT molecular complexity index is 1180. The Morgan fingerprint density at radius 2 is 0.493 bits per heavy atom. The maximum absolute atomic E-state index is 12.9. The molecule has 0 aliphatic rings. The summed E-state index contributed by atoms with van der Waals surface area (Å²) in [5, 5.41) is 0. The van der Waals surface area contributed by atoms with Crippen molar-refractivity contribution in [3.63, 3.8) is 0 Å². The number of ether oxygens (including phenoxy) is 3. The number of esters is 3. The van der Waals surface area contributed by atoms with Gasteiger partial charge in [0, 0.05) is 19.3 Å². The zero-order chi connectivity index (χ0) is 52.9. The summed E-state index contributed by atoms with van der Waals surface area (Å²) >= 11 is 0. The summed E-state index contributed by atoms with van der Waals surface area (Å²) in [5.74, 6) is -0.842. The van der Waals surface area contributed by atoms with Crippen LogP contribution in [0.1, 0.15) is 367 Å². The van der Waals surface area contributed by atoms with Gasteiger partial charge in [-0.2, -0.15) is 0 Å². The lowest BCUT2D eigenvalue weighted by atomic mass is 10.0. The molecule has 0 aromatic carbocycles. The van der Waals surface area contributed by atoms with Gasteiger partial charge in [-0.05, 0) is 51.4 Å². The molecule has 0 saturated carbocycles. The highest BCUT2D eigenvalue weighted by Crippen LogP contribution is 2.18. The van der Waals surface area contributed by atoms with Crippen LogP contribution in [-0.2, 0) is 28.6 Å². The van der Waals surface area contributed by atoms with E-state index in [0.717, 1.165) is 64.2 Å². The van der Waals surface area contributed by atoms with Crippen molar-refractivity contribution < 1.29 is 28.6 Å². The SMILES string of the molecule is CCCCC/C=C\C/C=C\CCCCCCCCCCCC(=O)OC(COC(=O)CCCCCCCCCCCCCCC)COC(=O)CCCCCCCCCCCCCCCCCCCCCCCCC. The third-order valence-corrected chi connectivity index (χ3v) is 15.0. The molecule has 0 rings (SSSR count). The van der Waals surface area contributed by atoms with Gasteiger partial charge in [-0.1, -0.05) is 321 Å². The van der Waals surface area contributed by atoms with E-state index in [-0.39, 0.29) is 31.1 Å². The molecular weight excluding hydrogens is 901 g/mol. The molecule has 6 heteroatoms. The quantitative estimate of drug-likeness (QED) is 0.0261. The Kier molecular flexibility index (Phi) is 60.6. The van der Waals surface area contributed by atoms with Crippen molar-refractivity contribution in [2.24, 2.45) is 0 Å². The molecule has 73 heavy (non-hydrogen) atoms. The van der Waals surface area contributed by atoms with Crippen molar-refractivity contribution in [1.29, 1.82) is 0 Å². The normalized spacial score (nSPS) is 12.1. The Balaban J connectivity index is 4.25. The van der Waals surface area contributed by atoms with Gasteiger partial charge >= 0.3 is 17.9 Å². The van der Waals surface area contributed by atoms with Gasteiger partial charge in [0.15, 0.2) is 6.10 Å². The van der Waals surface area contributed by atoms with Gasteiger partial charge in [0.1, 0.15) is 13.2 Å². The minimum Gasteiger partial charge on any atom is -0.462 e. The monoisotopic (exact) mass is 1030 g/mol. The lowest BCUT2D eigenvalue weighted by Crippen LogP contribution is -2.30. The lowest BCUT2D eigenvalue weighted by Gasteiger charge is -2.18. The molecule has 0 aliphatic carbocycles. The van der Waals surface area contributed by atoms with E-state index in [1.807, 2.05) is 0 Å². The molecule has 0 saturated heterocycles. The molecule has 0 bridgehead atoms. The van der Waals surface area contributed by atoms with E-state index in [2.05, 4.69) is 45.1 Å². The van der Waals surface area contributed by atoms with E-state index in [1.54, 1.807) is 0 Å². The van der Waals surface area contributed by atoms with Gasteiger partial charge in [-0.25, -0.2) is 0 Å². The molecule has 0 heterocycles. The predicted molar refractivity (Wildman–Crippen MR) is 316 cm³/mol. The van der Waals surface area contributed by atoms with Crippen LogP contribution in [0.15, 0.2) is 24.3 Å². The fourth-order valence-electron chi connectivity index (χ4n) is 10.0. The minimum atomic E-state index is -0.769. The molecule has 0 amide bonds. The maximum atomic E-state index is 12.9. The number of unbranched alkanes of at least 4 members (excludes halogenated alkanes) is 46. The van der Waals surface area contributed by atoms with E-state index in [4.69, 9.17) is 14.2 Å². The third kappa shape index (κ3) is 60.6. The molecule has 1 atom stereocenters. The number of hydrogen-bond acceptors (Lipinski definition) is 6. The van der Waals surface area contributed by atoms with Gasteiger partial charge in [0.2, 0.25) is 0 Å². The van der Waals surface area contributed by atoms with Crippen molar-refractivity contribution in [2.45, 2.75) is 374 Å². The first-order valence-electron chi connectivity index (χ1n) is 32.8. The second kappa shape index (κ2) is 62.4.